The van der Waals surface area contributed by atoms with Crippen LogP contribution in [0.3, 0.4) is 0 Å². The summed E-state index contributed by atoms with van der Waals surface area (Å²) in [5, 5.41) is 5.98. The average molecular weight is 253 g/mol. The van der Waals surface area contributed by atoms with E-state index in [4.69, 9.17) is 0 Å². The quantitative estimate of drug-likeness (QED) is 0.748. The summed E-state index contributed by atoms with van der Waals surface area (Å²) in [6.07, 6.45) is 3.77. The van der Waals surface area contributed by atoms with Crippen LogP contribution >= 0.6 is 0 Å². The minimum absolute atomic E-state index is 0.0656. The topological polar surface area (TPSA) is 61.4 Å². The molecule has 0 unspecified atom stereocenters. The van der Waals surface area contributed by atoms with Gasteiger partial charge in [-0.2, -0.15) is 0 Å². The molecule has 5 heteroatoms. The first-order valence-corrected chi connectivity index (χ1v) is 6.78. The molecule has 0 atom stereocenters. The predicted molar refractivity (Wildman–Crippen MR) is 69.0 cm³/mol. The zero-order valence-corrected chi connectivity index (χ0v) is 11.3. The summed E-state index contributed by atoms with van der Waals surface area (Å²) in [5.41, 5.74) is 0.0656. The molecule has 5 nitrogen and oxygen atoms in total. The first-order valence-electron chi connectivity index (χ1n) is 6.78. The monoisotopic (exact) mass is 253 g/mol. The van der Waals surface area contributed by atoms with Crippen LogP contribution in [0.15, 0.2) is 0 Å². The van der Waals surface area contributed by atoms with Gasteiger partial charge in [0, 0.05) is 24.5 Å². The van der Waals surface area contributed by atoms with Crippen molar-refractivity contribution in [2.75, 3.05) is 26.7 Å². The van der Waals surface area contributed by atoms with Gasteiger partial charge in [-0.05, 0) is 39.7 Å². The van der Waals surface area contributed by atoms with Gasteiger partial charge in [-0.25, -0.2) is 0 Å². The van der Waals surface area contributed by atoms with E-state index in [0.717, 1.165) is 25.7 Å². The molecule has 2 fully saturated rings. The van der Waals surface area contributed by atoms with Crippen molar-refractivity contribution in [3.05, 3.63) is 0 Å². The minimum Gasteiger partial charge on any atom is -0.351 e. The van der Waals surface area contributed by atoms with Crippen molar-refractivity contribution in [1.82, 2.24) is 15.5 Å². The standard InChI is InChI=1S/C13H23N3O2/c1-13(5-6-13)15-12(18)10-3-7-16(8-4-10)11(17)9-14-2/h10,14H,3-9H2,1-2H3,(H,15,18). The average Bonchev–Trinajstić information content (AvgIpc) is 3.07. The Labute approximate surface area is 108 Å². The summed E-state index contributed by atoms with van der Waals surface area (Å²) in [5.74, 6) is 0.391. The highest BCUT2D eigenvalue weighted by molar-refractivity contribution is 5.81. The Morgan fingerprint density at radius 3 is 2.39 bits per heavy atom. The van der Waals surface area contributed by atoms with E-state index in [0.29, 0.717) is 19.6 Å². The van der Waals surface area contributed by atoms with E-state index < -0.39 is 0 Å². The Balaban J connectivity index is 1.75. The van der Waals surface area contributed by atoms with E-state index in [-0.39, 0.29) is 23.3 Å². The molecule has 0 spiro atoms. The summed E-state index contributed by atoms with van der Waals surface area (Å²) < 4.78 is 0. The Kier molecular flexibility index (Phi) is 3.90. The maximum absolute atomic E-state index is 12.0. The van der Waals surface area contributed by atoms with Crippen LogP contribution in [-0.2, 0) is 9.59 Å². The van der Waals surface area contributed by atoms with Crippen molar-refractivity contribution in [1.29, 1.82) is 0 Å². The van der Waals surface area contributed by atoms with Gasteiger partial charge in [-0.3, -0.25) is 9.59 Å². The van der Waals surface area contributed by atoms with E-state index >= 15 is 0 Å². The molecule has 2 N–H and O–H groups in total. The molecule has 18 heavy (non-hydrogen) atoms. The largest absolute Gasteiger partial charge is 0.351 e. The second kappa shape index (κ2) is 5.26. The molecule has 0 bridgehead atoms. The number of likely N-dealkylation sites (tertiary alicyclic amines) is 1. The SMILES string of the molecule is CNCC(=O)N1CCC(C(=O)NC2(C)CC2)CC1. The Morgan fingerprint density at radius 1 is 1.28 bits per heavy atom. The molecule has 1 saturated heterocycles. The molecule has 1 aliphatic heterocycles. The number of nitrogens with zero attached hydrogens (tertiary/aromatic N) is 1. The Morgan fingerprint density at radius 2 is 1.89 bits per heavy atom. The van der Waals surface area contributed by atoms with Gasteiger partial charge in [-0.1, -0.05) is 0 Å². The van der Waals surface area contributed by atoms with Gasteiger partial charge in [0.2, 0.25) is 11.8 Å². The fraction of sp³-hybridized carbons (Fsp3) is 0.846. The first-order chi connectivity index (χ1) is 8.54. The van der Waals surface area contributed by atoms with Gasteiger partial charge < -0.3 is 15.5 Å². The van der Waals surface area contributed by atoms with Crippen molar-refractivity contribution >= 4 is 11.8 Å². The summed E-state index contributed by atoms with van der Waals surface area (Å²) in [7, 11) is 1.77. The zero-order chi connectivity index (χ0) is 13.2. The molecule has 0 aromatic rings. The smallest absolute Gasteiger partial charge is 0.236 e. The number of hydrogen-bond acceptors (Lipinski definition) is 3. The van der Waals surface area contributed by atoms with Crippen LogP contribution in [0.1, 0.15) is 32.6 Å². The zero-order valence-electron chi connectivity index (χ0n) is 11.3. The van der Waals surface area contributed by atoms with Crippen molar-refractivity contribution in [2.24, 2.45) is 5.92 Å². The van der Waals surface area contributed by atoms with Crippen molar-refractivity contribution in [3.8, 4) is 0 Å². The van der Waals surface area contributed by atoms with Crippen LogP contribution in [0.4, 0.5) is 0 Å². The molecule has 0 radical (unpaired) electrons. The highest BCUT2D eigenvalue weighted by Gasteiger charge is 2.40. The van der Waals surface area contributed by atoms with Crippen LogP contribution < -0.4 is 10.6 Å². The van der Waals surface area contributed by atoms with Crippen LogP contribution in [0.25, 0.3) is 0 Å². The van der Waals surface area contributed by atoms with Crippen molar-refractivity contribution < 1.29 is 9.59 Å². The maximum Gasteiger partial charge on any atom is 0.236 e. The van der Waals surface area contributed by atoms with Gasteiger partial charge in [0.05, 0.1) is 6.54 Å². The van der Waals surface area contributed by atoms with Gasteiger partial charge in [0.25, 0.3) is 0 Å². The lowest BCUT2D eigenvalue weighted by Gasteiger charge is -2.32. The first kappa shape index (κ1) is 13.3. The van der Waals surface area contributed by atoms with Crippen LogP contribution in [0, 0.1) is 5.92 Å². The summed E-state index contributed by atoms with van der Waals surface area (Å²) in [6.45, 7) is 3.88. The molecule has 1 saturated carbocycles. The number of hydrogen-bond donors (Lipinski definition) is 2. The molecule has 2 aliphatic rings. The maximum atomic E-state index is 12.0. The molecule has 2 rings (SSSR count). The number of likely N-dealkylation sites (N-methyl/N-ethyl adjacent to an activating group) is 1. The lowest BCUT2D eigenvalue weighted by Crippen LogP contribution is -2.47. The fourth-order valence-corrected chi connectivity index (χ4v) is 2.37. The van der Waals surface area contributed by atoms with Crippen molar-refractivity contribution in [2.45, 2.75) is 38.1 Å². The number of piperidine rings is 1. The highest BCUT2D eigenvalue weighted by atomic mass is 16.2. The third kappa shape index (κ3) is 3.22. The summed E-state index contributed by atoms with van der Waals surface area (Å²) in [4.78, 5) is 25.6. The summed E-state index contributed by atoms with van der Waals surface area (Å²) in [6, 6.07) is 0. The van der Waals surface area contributed by atoms with E-state index in [1.807, 2.05) is 4.90 Å². The van der Waals surface area contributed by atoms with Crippen LogP contribution in [0.5, 0.6) is 0 Å². The third-order valence-corrected chi connectivity index (χ3v) is 3.97. The molecule has 2 amide bonds. The number of amides is 2. The Hall–Kier alpha value is -1.10. The Bertz CT molecular complexity index is 331. The van der Waals surface area contributed by atoms with E-state index in [1.165, 1.54) is 0 Å². The number of carbonyl (C=O) groups excluding carboxylic acids is 2. The molecule has 0 aromatic heterocycles. The molecule has 0 aromatic carbocycles. The molecule has 102 valence electrons. The fourth-order valence-electron chi connectivity index (χ4n) is 2.37. The normalized spacial score (nSPS) is 22.7. The number of nitrogens with one attached hydrogen (secondary N) is 2. The lowest BCUT2D eigenvalue weighted by atomic mass is 9.95. The minimum atomic E-state index is 0.0656. The third-order valence-electron chi connectivity index (χ3n) is 3.97. The van der Waals surface area contributed by atoms with Crippen LogP contribution in [-0.4, -0.2) is 48.9 Å². The van der Waals surface area contributed by atoms with Crippen molar-refractivity contribution in [3.63, 3.8) is 0 Å². The predicted octanol–water partition coefficient (Wildman–Crippen LogP) is 0.113. The second-order valence-corrected chi connectivity index (χ2v) is 5.74. The van der Waals surface area contributed by atoms with E-state index in [1.54, 1.807) is 7.05 Å². The number of carbonyl (C=O) groups is 2. The second-order valence-electron chi connectivity index (χ2n) is 5.74. The van der Waals surface area contributed by atoms with Gasteiger partial charge >= 0.3 is 0 Å². The van der Waals surface area contributed by atoms with E-state index in [2.05, 4.69) is 17.6 Å². The molecular weight excluding hydrogens is 230 g/mol. The lowest BCUT2D eigenvalue weighted by molar-refractivity contribution is -0.135. The van der Waals surface area contributed by atoms with Crippen LogP contribution in [0.2, 0.25) is 0 Å². The molecule has 1 heterocycles. The van der Waals surface area contributed by atoms with Gasteiger partial charge in [-0.15, -0.1) is 0 Å². The molecule has 1 aliphatic carbocycles. The van der Waals surface area contributed by atoms with Gasteiger partial charge in [0.1, 0.15) is 0 Å². The summed E-state index contributed by atoms with van der Waals surface area (Å²) >= 11 is 0. The van der Waals surface area contributed by atoms with Gasteiger partial charge in [0.15, 0.2) is 0 Å². The molecular formula is C13H23N3O2. The highest BCUT2D eigenvalue weighted by Crippen LogP contribution is 2.35. The van der Waals surface area contributed by atoms with E-state index in [9.17, 15) is 9.59 Å². The number of rotatable bonds is 4.